The van der Waals surface area contributed by atoms with Crippen molar-refractivity contribution < 1.29 is 18.7 Å². The number of carbonyl (C=O) groups is 1. The van der Waals surface area contributed by atoms with Crippen LogP contribution in [0.3, 0.4) is 0 Å². The molecular weight excluding hydrogens is 323 g/mol. The van der Waals surface area contributed by atoms with Crippen LogP contribution >= 0.6 is 11.6 Å². The molecule has 0 aliphatic rings. The van der Waals surface area contributed by atoms with Crippen molar-refractivity contribution in [3.63, 3.8) is 0 Å². The minimum Gasteiger partial charge on any atom is -0.508 e. The number of fused-ring (bicyclic) bond motifs is 1. The second kappa shape index (κ2) is 5.73. The summed E-state index contributed by atoms with van der Waals surface area (Å²) in [6, 6.07) is 9.61. The molecule has 1 heterocycles. The second-order valence-electron chi connectivity index (χ2n) is 4.79. The van der Waals surface area contributed by atoms with Gasteiger partial charge < -0.3 is 14.8 Å². The van der Waals surface area contributed by atoms with Crippen molar-refractivity contribution in [2.45, 2.75) is 0 Å². The zero-order valence-electron chi connectivity index (χ0n) is 11.6. The first-order chi connectivity index (χ1) is 10.9. The number of amides is 1. The molecule has 0 spiro atoms. The van der Waals surface area contributed by atoms with Crippen LogP contribution < -0.4 is 10.9 Å². The molecule has 0 radical (unpaired) electrons. The molecule has 3 rings (SSSR count). The first-order valence-electron chi connectivity index (χ1n) is 6.52. The van der Waals surface area contributed by atoms with Gasteiger partial charge in [-0.2, -0.15) is 0 Å². The molecule has 0 unspecified atom stereocenters. The number of phenols is 1. The van der Waals surface area contributed by atoms with E-state index in [9.17, 15) is 14.3 Å². The monoisotopic (exact) mass is 332 g/mol. The molecule has 0 aliphatic heterocycles. The molecule has 0 atom stereocenters. The number of aromatic hydroxyl groups is 1. The maximum absolute atomic E-state index is 13.1. The van der Waals surface area contributed by atoms with Crippen LogP contribution in [0.4, 0.5) is 10.1 Å². The van der Waals surface area contributed by atoms with E-state index >= 15 is 0 Å². The summed E-state index contributed by atoms with van der Waals surface area (Å²) in [6.45, 7) is 0. The third-order valence-electron chi connectivity index (χ3n) is 3.18. The Labute approximate surface area is 134 Å². The van der Waals surface area contributed by atoms with E-state index in [0.29, 0.717) is 11.1 Å². The average Bonchev–Trinajstić information content (AvgIpc) is 2.50. The Morgan fingerprint density at radius 2 is 2.00 bits per heavy atom. The van der Waals surface area contributed by atoms with Crippen LogP contribution in [0.1, 0.15) is 10.4 Å². The number of hydrogen-bond donors (Lipinski definition) is 3. The number of nitrogens with one attached hydrogen (secondary N) is 2. The van der Waals surface area contributed by atoms with Gasteiger partial charge in [-0.3, -0.25) is 10.2 Å². The summed E-state index contributed by atoms with van der Waals surface area (Å²) in [4.78, 5) is 12.3. The van der Waals surface area contributed by atoms with Crippen molar-refractivity contribution in [1.82, 2.24) is 0 Å². The van der Waals surface area contributed by atoms with E-state index in [1.165, 1.54) is 30.3 Å². The lowest BCUT2D eigenvalue weighted by Gasteiger charge is -2.07. The highest BCUT2D eigenvalue weighted by atomic mass is 35.5. The summed E-state index contributed by atoms with van der Waals surface area (Å²) < 4.78 is 18.4. The fraction of sp³-hybridized carbons (Fsp3) is 0. The largest absolute Gasteiger partial charge is 0.508 e. The Morgan fingerprint density at radius 3 is 2.74 bits per heavy atom. The van der Waals surface area contributed by atoms with E-state index in [-0.39, 0.29) is 27.5 Å². The molecule has 116 valence electrons. The number of anilines is 1. The van der Waals surface area contributed by atoms with E-state index in [2.05, 4.69) is 5.32 Å². The molecule has 0 aliphatic carbocycles. The predicted octanol–water partition coefficient (Wildman–Crippen LogP) is 3.66. The van der Waals surface area contributed by atoms with Gasteiger partial charge in [-0.25, -0.2) is 4.39 Å². The van der Waals surface area contributed by atoms with Crippen LogP contribution in [0.5, 0.6) is 5.75 Å². The molecule has 23 heavy (non-hydrogen) atoms. The highest BCUT2D eigenvalue weighted by molar-refractivity contribution is 6.31. The Hall–Kier alpha value is -2.86. The predicted molar refractivity (Wildman–Crippen MR) is 83.1 cm³/mol. The summed E-state index contributed by atoms with van der Waals surface area (Å²) in [5.41, 5.74) is 0.237. The van der Waals surface area contributed by atoms with Crippen LogP contribution in [0.2, 0.25) is 5.02 Å². The van der Waals surface area contributed by atoms with Crippen LogP contribution in [0.15, 0.2) is 46.9 Å². The molecule has 5 nitrogen and oxygen atoms in total. The summed E-state index contributed by atoms with van der Waals surface area (Å²) in [7, 11) is 0. The molecule has 1 aromatic heterocycles. The van der Waals surface area contributed by atoms with Gasteiger partial charge in [0, 0.05) is 17.1 Å². The average molecular weight is 333 g/mol. The first-order valence-corrected chi connectivity index (χ1v) is 6.90. The quantitative estimate of drug-likeness (QED) is 0.669. The SMILES string of the molecule is N=c1oc2cc(O)ccc2cc1C(=O)Nc1ccc(F)c(Cl)c1. The molecule has 0 saturated heterocycles. The Kier molecular flexibility index (Phi) is 3.75. The molecule has 2 aromatic carbocycles. The van der Waals surface area contributed by atoms with Gasteiger partial charge in [-0.05, 0) is 36.4 Å². The van der Waals surface area contributed by atoms with E-state index < -0.39 is 11.7 Å². The van der Waals surface area contributed by atoms with Crippen molar-refractivity contribution in [2.75, 3.05) is 5.32 Å². The minimum atomic E-state index is -0.591. The van der Waals surface area contributed by atoms with Gasteiger partial charge in [-0.1, -0.05) is 11.6 Å². The lowest BCUT2D eigenvalue weighted by Crippen LogP contribution is -2.20. The molecule has 3 N–H and O–H groups in total. The van der Waals surface area contributed by atoms with Gasteiger partial charge in [0.15, 0.2) is 0 Å². The van der Waals surface area contributed by atoms with Crippen molar-refractivity contribution in [3.8, 4) is 5.75 Å². The van der Waals surface area contributed by atoms with Gasteiger partial charge in [0.25, 0.3) is 5.91 Å². The fourth-order valence-corrected chi connectivity index (χ4v) is 2.24. The number of benzene rings is 2. The third kappa shape index (κ3) is 3.02. The topological polar surface area (TPSA) is 86.3 Å². The van der Waals surface area contributed by atoms with Gasteiger partial charge in [0.1, 0.15) is 22.7 Å². The molecule has 0 saturated carbocycles. The van der Waals surface area contributed by atoms with Gasteiger partial charge >= 0.3 is 0 Å². The van der Waals surface area contributed by atoms with E-state index in [4.69, 9.17) is 21.4 Å². The van der Waals surface area contributed by atoms with E-state index in [1.54, 1.807) is 6.07 Å². The molecule has 7 heteroatoms. The lowest BCUT2D eigenvalue weighted by molar-refractivity contribution is 0.102. The summed E-state index contributed by atoms with van der Waals surface area (Å²) >= 11 is 5.66. The summed E-state index contributed by atoms with van der Waals surface area (Å²) in [5, 5.41) is 20.2. The summed E-state index contributed by atoms with van der Waals surface area (Å²) in [6.07, 6.45) is 0. The maximum atomic E-state index is 13.1. The van der Waals surface area contributed by atoms with Gasteiger partial charge in [0.05, 0.1) is 5.02 Å². The Balaban J connectivity index is 1.97. The number of hydrogen-bond acceptors (Lipinski definition) is 4. The minimum absolute atomic E-state index is 0.00111. The molecule has 1 amide bonds. The highest BCUT2D eigenvalue weighted by Gasteiger charge is 2.13. The fourth-order valence-electron chi connectivity index (χ4n) is 2.06. The smallest absolute Gasteiger partial charge is 0.261 e. The van der Waals surface area contributed by atoms with Crippen LogP contribution in [-0.4, -0.2) is 11.0 Å². The lowest BCUT2D eigenvalue weighted by atomic mass is 10.1. The first kappa shape index (κ1) is 15.1. The van der Waals surface area contributed by atoms with E-state index in [1.807, 2.05) is 0 Å². The Bertz CT molecular complexity index is 985. The van der Waals surface area contributed by atoms with Crippen molar-refractivity contribution in [2.24, 2.45) is 0 Å². The zero-order chi connectivity index (χ0) is 16.6. The number of rotatable bonds is 2. The van der Waals surface area contributed by atoms with Crippen LogP contribution in [-0.2, 0) is 0 Å². The molecule has 0 bridgehead atoms. The third-order valence-corrected chi connectivity index (χ3v) is 3.47. The highest BCUT2D eigenvalue weighted by Crippen LogP contribution is 2.21. The molecule has 0 fully saturated rings. The van der Waals surface area contributed by atoms with Gasteiger partial charge in [0.2, 0.25) is 5.55 Å². The standard InChI is InChI=1S/C16H10ClFN2O3/c17-12-6-9(2-4-13(12)18)20-16(22)11-5-8-1-3-10(21)7-14(8)23-15(11)19/h1-7,19,21H,(H,20,22). The Morgan fingerprint density at radius 1 is 1.22 bits per heavy atom. The number of carbonyl (C=O) groups excluding carboxylic acids is 1. The zero-order valence-corrected chi connectivity index (χ0v) is 12.3. The van der Waals surface area contributed by atoms with Crippen molar-refractivity contribution >= 4 is 34.2 Å². The molecule has 3 aromatic rings. The van der Waals surface area contributed by atoms with Crippen LogP contribution in [0, 0.1) is 11.2 Å². The molecular formula is C16H10ClFN2O3. The van der Waals surface area contributed by atoms with Crippen molar-refractivity contribution in [3.05, 3.63) is 64.4 Å². The van der Waals surface area contributed by atoms with Crippen LogP contribution in [0.25, 0.3) is 11.0 Å². The van der Waals surface area contributed by atoms with Gasteiger partial charge in [-0.15, -0.1) is 0 Å². The maximum Gasteiger partial charge on any atom is 0.261 e. The normalized spacial score (nSPS) is 10.7. The second-order valence-corrected chi connectivity index (χ2v) is 5.20. The number of halogens is 2. The summed E-state index contributed by atoms with van der Waals surface area (Å²) in [5.74, 6) is -1.18. The van der Waals surface area contributed by atoms with Crippen molar-refractivity contribution in [1.29, 1.82) is 5.41 Å². The van der Waals surface area contributed by atoms with E-state index in [0.717, 1.165) is 6.07 Å². The number of phenolic OH excluding ortho intramolecular Hbond substituents is 1.